The molecule has 8 atom stereocenters. The quantitative estimate of drug-likeness (QED) is 0.596. The van der Waals surface area contributed by atoms with Gasteiger partial charge in [-0.05, 0) is 106 Å². The zero-order valence-corrected chi connectivity index (χ0v) is 19.4. The van der Waals surface area contributed by atoms with Crippen LogP contribution in [0.15, 0.2) is 11.6 Å². The molecule has 8 unspecified atom stereocenters. The van der Waals surface area contributed by atoms with Crippen molar-refractivity contribution in [2.24, 2.45) is 34.5 Å². The van der Waals surface area contributed by atoms with Gasteiger partial charge >= 0.3 is 0 Å². The van der Waals surface area contributed by atoms with Crippen molar-refractivity contribution in [2.45, 2.75) is 110 Å². The molecule has 0 bridgehead atoms. The lowest BCUT2D eigenvalue weighted by molar-refractivity contribution is -0.0973. The molecule has 2 N–H and O–H groups in total. The highest BCUT2D eigenvalue weighted by molar-refractivity contribution is 5.26. The summed E-state index contributed by atoms with van der Waals surface area (Å²) in [5.41, 5.74) is 1.68. The maximum Gasteiger partial charge on any atom is 0.0841 e. The maximum atomic E-state index is 10.5. The second-order valence-corrected chi connectivity index (χ2v) is 12.0. The number of hydrogen-bond donors (Lipinski definition) is 2. The van der Waals surface area contributed by atoms with E-state index in [1.54, 1.807) is 7.11 Å². The van der Waals surface area contributed by atoms with Crippen molar-refractivity contribution < 1.29 is 14.9 Å². The molecule has 0 saturated heterocycles. The highest BCUT2D eigenvalue weighted by Crippen LogP contribution is 2.66. The summed E-state index contributed by atoms with van der Waals surface area (Å²) < 4.78 is 5.69. The molecule has 4 aliphatic carbocycles. The molecule has 0 aromatic heterocycles. The SMILES string of the molecule is COC1CC2(C)C(=CCC3C2CCC2(C)C(CCCC(C)(C)O)CCC32)CC1O. The van der Waals surface area contributed by atoms with Crippen LogP contribution < -0.4 is 0 Å². The van der Waals surface area contributed by atoms with Crippen LogP contribution in [0.25, 0.3) is 0 Å². The van der Waals surface area contributed by atoms with Gasteiger partial charge in [-0.2, -0.15) is 0 Å². The first kappa shape index (κ1) is 21.8. The summed E-state index contributed by atoms with van der Waals surface area (Å²) in [5.74, 6) is 3.22. The van der Waals surface area contributed by atoms with E-state index in [2.05, 4.69) is 19.9 Å². The summed E-state index contributed by atoms with van der Waals surface area (Å²) in [7, 11) is 1.76. The molecule has 3 fully saturated rings. The van der Waals surface area contributed by atoms with Crippen molar-refractivity contribution in [1.29, 1.82) is 0 Å². The minimum Gasteiger partial charge on any atom is -0.390 e. The highest BCUT2D eigenvalue weighted by Gasteiger charge is 2.59. The van der Waals surface area contributed by atoms with E-state index >= 15 is 0 Å². The Balaban J connectivity index is 1.50. The summed E-state index contributed by atoms with van der Waals surface area (Å²) >= 11 is 0. The average Bonchev–Trinajstić information content (AvgIpc) is 2.97. The van der Waals surface area contributed by atoms with Gasteiger partial charge in [0.25, 0.3) is 0 Å². The predicted octanol–water partition coefficient (Wildman–Crippen LogP) is 5.49. The third-order valence-electron chi connectivity index (χ3n) is 9.95. The van der Waals surface area contributed by atoms with E-state index in [0.29, 0.717) is 5.41 Å². The summed E-state index contributed by atoms with van der Waals surface area (Å²) in [6.45, 7) is 8.96. The van der Waals surface area contributed by atoms with Crippen molar-refractivity contribution in [3.63, 3.8) is 0 Å². The standard InChI is InChI=1S/C26H44O3/c1-24(2,28)13-6-7-17-9-11-20-19-10-8-18-15-22(27)23(29-5)16-26(18,4)21(19)12-14-25(17,20)3/h8,17,19-23,27-28H,6-7,9-16H2,1-5H3. The van der Waals surface area contributed by atoms with E-state index in [9.17, 15) is 10.2 Å². The molecule has 0 spiro atoms. The number of hydrogen-bond acceptors (Lipinski definition) is 3. The highest BCUT2D eigenvalue weighted by atomic mass is 16.5. The molecule has 0 aliphatic heterocycles. The van der Waals surface area contributed by atoms with Crippen molar-refractivity contribution in [1.82, 2.24) is 0 Å². The van der Waals surface area contributed by atoms with Gasteiger partial charge in [-0.3, -0.25) is 0 Å². The molecule has 3 heteroatoms. The van der Waals surface area contributed by atoms with Gasteiger partial charge in [0.2, 0.25) is 0 Å². The predicted molar refractivity (Wildman–Crippen MR) is 118 cm³/mol. The Labute approximate surface area is 178 Å². The van der Waals surface area contributed by atoms with Crippen LogP contribution in [0.1, 0.15) is 91.9 Å². The molecule has 4 aliphatic rings. The summed E-state index contributed by atoms with van der Waals surface area (Å²) in [6, 6.07) is 0. The topological polar surface area (TPSA) is 49.7 Å². The Bertz CT molecular complexity index is 634. The number of aliphatic hydroxyl groups is 2. The molecule has 4 rings (SSSR count). The van der Waals surface area contributed by atoms with Crippen LogP contribution in [0.5, 0.6) is 0 Å². The number of rotatable bonds is 5. The van der Waals surface area contributed by atoms with E-state index in [4.69, 9.17) is 4.74 Å². The van der Waals surface area contributed by atoms with Crippen molar-refractivity contribution >= 4 is 0 Å². The van der Waals surface area contributed by atoms with Crippen LogP contribution in [0, 0.1) is 34.5 Å². The van der Waals surface area contributed by atoms with Crippen molar-refractivity contribution in [2.75, 3.05) is 7.11 Å². The van der Waals surface area contributed by atoms with Gasteiger partial charge < -0.3 is 14.9 Å². The second-order valence-electron chi connectivity index (χ2n) is 12.0. The third kappa shape index (κ3) is 3.74. The average molecular weight is 405 g/mol. The minimum atomic E-state index is -0.529. The van der Waals surface area contributed by atoms with Crippen LogP contribution in [-0.4, -0.2) is 35.1 Å². The largest absolute Gasteiger partial charge is 0.390 e. The smallest absolute Gasteiger partial charge is 0.0841 e. The van der Waals surface area contributed by atoms with Gasteiger partial charge in [-0.1, -0.05) is 31.9 Å². The second kappa shape index (κ2) is 7.64. The summed E-state index contributed by atoms with van der Waals surface area (Å²) in [6.07, 6.45) is 14.0. The monoisotopic (exact) mass is 404 g/mol. The Hall–Kier alpha value is -0.380. The lowest BCUT2D eigenvalue weighted by atomic mass is 9.47. The van der Waals surface area contributed by atoms with E-state index in [-0.39, 0.29) is 17.6 Å². The fourth-order valence-corrected chi connectivity index (χ4v) is 8.27. The Morgan fingerprint density at radius 3 is 2.62 bits per heavy atom. The molecule has 0 heterocycles. The van der Waals surface area contributed by atoms with Crippen molar-refractivity contribution in [3.05, 3.63) is 11.6 Å². The number of methoxy groups -OCH3 is 1. The van der Waals surface area contributed by atoms with Gasteiger partial charge in [-0.15, -0.1) is 0 Å². The minimum absolute atomic E-state index is 0.0117. The molecule has 166 valence electrons. The van der Waals surface area contributed by atoms with Gasteiger partial charge in [0, 0.05) is 7.11 Å². The van der Waals surface area contributed by atoms with E-state index in [1.807, 2.05) is 13.8 Å². The number of ether oxygens (including phenoxy) is 1. The molecule has 29 heavy (non-hydrogen) atoms. The summed E-state index contributed by atoms with van der Waals surface area (Å²) in [4.78, 5) is 0. The van der Waals surface area contributed by atoms with Crippen LogP contribution >= 0.6 is 0 Å². The molecule has 0 radical (unpaired) electrons. The number of allylic oxidation sites excluding steroid dienone is 1. The van der Waals surface area contributed by atoms with Gasteiger partial charge in [0.05, 0.1) is 17.8 Å². The first-order chi connectivity index (χ1) is 13.6. The zero-order chi connectivity index (χ0) is 21.0. The van der Waals surface area contributed by atoms with Gasteiger partial charge in [0.1, 0.15) is 0 Å². The number of fused-ring (bicyclic) bond motifs is 5. The molecule has 3 saturated carbocycles. The van der Waals surface area contributed by atoms with Gasteiger partial charge in [0.15, 0.2) is 0 Å². The van der Waals surface area contributed by atoms with E-state index in [0.717, 1.165) is 49.4 Å². The lowest BCUT2D eigenvalue weighted by Gasteiger charge is -2.58. The summed E-state index contributed by atoms with van der Waals surface area (Å²) in [5, 5.41) is 20.6. The molecular weight excluding hydrogens is 360 g/mol. The Morgan fingerprint density at radius 1 is 1.17 bits per heavy atom. The van der Waals surface area contributed by atoms with Crippen LogP contribution in [0.4, 0.5) is 0 Å². The van der Waals surface area contributed by atoms with E-state index < -0.39 is 5.60 Å². The van der Waals surface area contributed by atoms with Crippen LogP contribution in [0.2, 0.25) is 0 Å². The maximum absolute atomic E-state index is 10.5. The zero-order valence-electron chi connectivity index (χ0n) is 19.4. The van der Waals surface area contributed by atoms with Crippen LogP contribution in [0.3, 0.4) is 0 Å². The normalized spacial score (nSPS) is 47.2. The number of aliphatic hydroxyl groups excluding tert-OH is 1. The Morgan fingerprint density at radius 2 is 1.93 bits per heavy atom. The van der Waals surface area contributed by atoms with Gasteiger partial charge in [-0.25, -0.2) is 0 Å². The fraction of sp³-hybridized carbons (Fsp3) is 0.923. The third-order valence-corrected chi connectivity index (χ3v) is 9.95. The fourth-order valence-electron chi connectivity index (χ4n) is 8.27. The first-order valence-corrected chi connectivity index (χ1v) is 12.2. The molecule has 0 amide bonds. The van der Waals surface area contributed by atoms with Crippen LogP contribution in [-0.2, 0) is 4.74 Å². The molecular formula is C26H44O3. The molecule has 0 aromatic carbocycles. The van der Waals surface area contributed by atoms with Crippen molar-refractivity contribution in [3.8, 4) is 0 Å². The molecule has 0 aromatic rings. The first-order valence-electron chi connectivity index (χ1n) is 12.2. The molecule has 3 nitrogen and oxygen atoms in total. The van der Waals surface area contributed by atoms with E-state index in [1.165, 1.54) is 44.1 Å². The lowest BCUT2D eigenvalue weighted by Crippen LogP contribution is -2.53. The Kier molecular flexibility index (Phi) is 5.75.